The molecule has 0 spiro atoms. The van der Waals surface area contributed by atoms with Crippen LogP contribution in [0.3, 0.4) is 0 Å². The molecule has 1 aromatic rings. The molecule has 0 saturated heterocycles. The van der Waals surface area contributed by atoms with Gasteiger partial charge in [-0.1, -0.05) is 64.6 Å². The normalized spacial score (nSPS) is 9.22. The molecule has 0 aliphatic rings. The van der Waals surface area contributed by atoms with Crippen LogP contribution >= 0.6 is 58.0 Å². The molecule has 0 bridgehead atoms. The van der Waals surface area contributed by atoms with E-state index < -0.39 is 5.97 Å². The Bertz CT molecular complexity index is 370. The third-order valence-corrected chi connectivity index (χ3v) is 3.70. The van der Waals surface area contributed by atoms with Gasteiger partial charge in [0.1, 0.15) is 10.0 Å². The molecule has 0 aliphatic heterocycles. The Kier molecular flexibility index (Phi) is 7.78. The predicted molar refractivity (Wildman–Crippen MR) is 72.1 cm³/mol. The van der Waals surface area contributed by atoms with Crippen LogP contribution in [0.2, 0.25) is 25.1 Å². The summed E-state index contributed by atoms with van der Waals surface area (Å²) in [5, 5.41) is 16.4. The van der Waals surface area contributed by atoms with Crippen LogP contribution in [0.4, 0.5) is 0 Å². The van der Waals surface area contributed by atoms with E-state index >= 15 is 0 Å². The summed E-state index contributed by atoms with van der Waals surface area (Å²) >= 11 is 27.9. The molecule has 0 aromatic heterocycles. The van der Waals surface area contributed by atoms with Gasteiger partial charge < -0.3 is 5.11 Å². The zero-order valence-electron chi connectivity index (χ0n) is 8.39. The van der Waals surface area contributed by atoms with E-state index in [9.17, 15) is 9.90 Å². The molecular formula is C9H5Cl5O4. The van der Waals surface area contributed by atoms with Crippen molar-refractivity contribution in [1.82, 2.24) is 0 Å². The van der Waals surface area contributed by atoms with Crippen LogP contribution in [-0.4, -0.2) is 16.3 Å². The number of hydrogen-bond acceptors (Lipinski definition) is 4. The number of aromatic hydroxyl groups is 1. The highest BCUT2D eigenvalue weighted by Crippen LogP contribution is 2.47. The van der Waals surface area contributed by atoms with Crippen LogP contribution in [0, 0.1) is 0 Å². The van der Waals surface area contributed by atoms with E-state index in [0.717, 1.165) is 6.08 Å². The Hall–Kier alpha value is -0.360. The molecule has 0 saturated carbocycles. The fourth-order valence-corrected chi connectivity index (χ4v) is 1.76. The first-order valence-electron chi connectivity index (χ1n) is 3.96. The van der Waals surface area contributed by atoms with Gasteiger partial charge in [0.05, 0.1) is 15.1 Å². The lowest BCUT2D eigenvalue weighted by Gasteiger charge is -2.06. The van der Waals surface area contributed by atoms with E-state index in [0.29, 0.717) is 0 Å². The number of benzene rings is 1. The standard InChI is InChI=1S/C6HCl5O.C3H4O3/c7-1-2(8)4(10)6(12)5(11)3(1)9;1-2-3(4)6-5/h12H;2,5H,1H2. The lowest BCUT2D eigenvalue weighted by Crippen LogP contribution is -1.92. The summed E-state index contributed by atoms with van der Waals surface area (Å²) in [7, 11) is 0. The van der Waals surface area contributed by atoms with Crippen LogP contribution in [0.5, 0.6) is 5.75 Å². The second kappa shape index (κ2) is 7.94. The van der Waals surface area contributed by atoms with Crippen molar-refractivity contribution in [3.8, 4) is 5.75 Å². The maximum Gasteiger partial charge on any atom is 0.365 e. The fraction of sp³-hybridized carbons (Fsp3) is 0. The fourth-order valence-electron chi connectivity index (χ4n) is 0.631. The first-order chi connectivity index (χ1) is 8.27. The highest BCUT2D eigenvalue weighted by atomic mass is 35.5. The molecule has 1 rings (SSSR count). The Morgan fingerprint density at radius 1 is 1.00 bits per heavy atom. The van der Waals surface area contributed by atoms with Crippen molar-refractivity contribution in [2.24, 2.45) is 0 Å². The number of hydrogen-bond donors (Lipinski definition) is 2. The van der Waals surface area contributed by atoms with Crippen LogP contribution in [0.25, 0.3) is 0 Å². The van der Waals surface area contributed by atoms with Gasteiger partial charge >= 0.3 is 5.97 Å². The summed E-state index contributed by atoms with van der Waals surface area (Å²) in [6.45, 7) is 3.00. The molecule has 1 aromatic carbocycles. The largest absolute Gasteiger partial charge is 0.505 e. The molecule has 2 N–H and O–H groups in total. The number of halogens is 5. The number of carbonyl (C=O) groups excluding carboxylic acids is 1. The average Bonchev–Trinajstić information content (AvgIpc) is 2.40. The SMILES string of the molecule is C=CC(=O)OO.Oc1c(Cl)c(Cl)c(Cl)c(Cl)c1Cl. The van der Waals surface area contributed by atoms with Crippen molar-refractivity contribution in [3.63, 3.8) is 0 Å². The van der Waals surface area contributed by atoms with E-state index in [1.54, 1.807) is 0 Å². The van der Waals surface area contributed by atoms with Gasteiger partial charge in [0.2, 0.25) is 0 Å². The Morgan fingerprint density at radius 3 is 1.56 bits per heavy atom. The van der Waals surface area contributed by atoms with E-state index in [1.807, 2.05) is 0 Å². The van der Waals surface area contributed by atoms with Crippen molar-refractivity contribution in [2.45, 2.75) is 0 Å². The summed E-state index contributed by atoms with van der Waals surface area (Å²) in [6, 6.07) is 0. The van der Waals surface area contributed by atoms with Crippen LogP contribution in [0.15, 0.2) is 12.7 Å². The molecule has 0 fully saturated rings. The van der Waals surface area contributed by atoms with Gasteiger partial charge in [-0.25, -0.2) is 4.79 Å². The van der Waals surface area contributed by atoms with Gasteiger partial charge in [-0.3, -0.25) is 4.89 Å². The highest BCUT2D eigenvalue weighted by Gasteiger charge is 2.18. The number of phenols is 1. The van der Waals surface area contributed by atoms with Crippen LogP contribution in [-0.2, 0) is 9.68 Å². The van der Waals surface area contributed by atoms with Crippen LogP contribution < -0.4 is 0 Å². The first kappa shape index (κ1) is 17.6. The van der Waals surface area contributed by atoms with Gasteiger partial charge in [-0.15, -0.1) is 0 Å². The quantitative estimate of drug-likeness (QED) is 0.249. The average molecular weight is 354 g/mol. The van der Waals surface area contributed by atoms with Gasteiger partial charge in [-0.2, -0.15) is 5.26 Å². The van der Waals surface area contributed by atoms with E-state index in [-0.39, 0.29) is 30.9 Å². The van der Waals surface area contributed by atoms with E-state index in [4.69, 9.17) is 63.3 Å². The molecule has 18 heavy (non-hydrogen) atoms. The van der Waals surface area contributed by atoms with Gasteiger partial charge in [0.25, 0.3) is 0 Å². The monoisotopic (exact) mass is 352 g/mol. The van der Waals surface area contributed by atoms with Crippen LogP contribution in [0.1, 0.15) is 0 Å². The molecular weight excluding hydrogens is 349 g/mol. The molecule has 0 heterocycles. The lowest BCUT2D eigenvalue weighted by atomic mass is 10.3. The van der Waals surface area contributed by atoms with Crippen molar-refractivity contribution in [1.29, 1.82) is 0 Å². The zero-order valence-corrected chi connectivity index (χ0v) is 12.2. The number of phenolic OH excluding ortho intramolecular Hbond substituents is 1. The van der Waals surface area contributed by atoms with Crippen molar-refractivity contribution in [3.05, 3.63) is 37.8 Å². The zero-order chi connectivity index (χ0) is 14.5. The summed E-state index contributed by atoms with van der Waals surface area (Å²) < 4.78 is 0. The Labute approximate surface area is 127 Å². The second-order valence-electron chi connectivity index (χ2n) is 2.53. The summed E-state index contributed by atoms with van der Waals surface area (Å²) in [5.41, 5.74) is 0. The van der Waals surface area contributed by atoms with Crippen molar-refractivity contribution < 1.29 is 20.0 Å². The minimum atomic E-state index is -0.838. The summed E-state index contributed by atoms with van der Waals surface area (Å²) in [4.78, 5) is 12.7. The molecule has 0 unspecified atom stereocenters. The molecule has 0 atom stereocenters. The number of carbonyl (C=O) groups is 1. The van der Waals surface area contributed by atoms with Crippen molar-refractivity contribution in [2.75, 3.05) is 0 Å². The van der Waals surface area contributed by atoms with Gasteiger partial charge in [0.15, 0.2) is 5.75 Å². The molecule has 9 heteroatoms. The van der Waals surface area contributed by atoms with E-state index in [1.165, 1.54) is 0 Å². The number of rotatable bonds is 1. The van der Waals surface area contributed by atoms with Gasteiger partial charge in [-0.05, 0) is 0 Å². The maximum absolute atomic E-state index is 9.59. The molecule has 0 amide bonds. The molecule has 4 nitrogen and oxygen atoms in total. The lowest BCUT2D eigenvalue weighted by molar-refractivity contribution is -0.228. The Morgan fingerprint density at radius 2 is 1.33 bits per heavy atom. The summed E-state index contributed by atoms with van der Waals surface area (Å²) in [5.74, 6) is -1.20. The predicted octanol–water partition coefficient (Wildman–Crippen LogP) is 4.85. The maximum atomic E-state index is 9.59. The smallest absolute Gasteiger partial charge is 0.365 e. The van der Waals surface area contributed by atoms with E-state index in [2.05, 4.69) is 11.5 Å². The molecule has 0 aliphatic carbocycles. The molecule has 100 valence electrons. The van der Waals surface area contributed by atoms with Crippen molar-refractivity contribution >= 4 is 64.0 Å². The Balaban J connectivity index is 0.000000411. The third-order valence-electron chi connectivity index (χ3n) is 1.44. The first-order valence-corrected chi connectivity index (χ1v) is 5.85. The second-order valence-corrected chi connectivity index (χ2v) is 4.42. The highest BCUT2D eigenvalue weighted by molar-refractivity contribution is 6.55. The topological polar surface area (TPSA) is 66.8 Å². The molecule has 0 radical (unpaired) electrons. The third kappa shape index (κ3) is 4.39. The van der Waals surface area contributed by atoms with Gasteiger partial charge in [0, 0.05) is 6.08 Å². The minimum Gasteiger partial charge on any atom is -0.505 e. The summed E-state index contributed by atoms with van der Waals surface area (Å²) in [6.07, 6.45) is 0.861. The minimum absolute atomic E-state index is 0.00904.